The van der Waals surface area contributed by atoms with Gasteiger partial charge < -0.3 is 14.5 Å². The van der Waals surface area contributed by atoms with Crippen LogP contribution >= 0.6 is 0 Å². The normalized spacial score (nSPS) is 22.9. The van der Waals surface area contributed by atoms with Crippen LogP contribution in [0, 0.1) is 0 Å². The second-order valence-corrected chi connectivity index (χ2v) is 10.3. The molecular formula is C24H32N2O4S. The first-order valence-corrected chi connectivity index (χ1v) is 12.6. The van der Waals surface area contributed by atoms with Crippen LogP contribution in [0.25, 0.3) is 0 Å². The number of carbonyl (C=O) groups excluding carboxylic acids is 1. The molecule has 6 nitrogen and oxygen atoms in total. The van der Waals surface area contributed by atoms with Crippen LogP contribution in [0.1, 0.15) is 26.2 Å². The van der Waals surface area contributed by atoms with Gasteiger partial charge in [-0.15, -0.1) is 0 Å². The molecule has 3 rings (SSSR count). The zero-order chi connectivity index (χ0) is 22.5. The number of piperidine rings is 1. The molecule has 1 unspecified atom stereocenters. The van der Waals surface area contributed by atoms with Crippen molar-refractivity contribution in [3.05, 3.63) is 66.1 Å². The fraction of sp³-hybridized carbons (Fsp3) is 0.458. The predicted octanol–water partition coefficient (Wildman–Crippen LogP) is 3.33. The fourth-order valence-electron chi connectivity index (χ4n) is 4.18. The smallest absolute Gasteiger partial charge is 0.255 e. The summed E-state index contributed by atoms with van der Waals surface area (Å²) >= 11 is 0. The third kappa shape index (κ3) is 6.38. The summed E-state index contributed by atoms with van der Waals surface area (Å²) in [5, 5.41) is 1.20. The van der Waals surface area contributed by atoms with Crippen molar-refractivity contribution in [2.24, 2.45) is 0 Å². The summed E-state index contributed by atoms with van der Waals surface area (Å²) in [5.41, 5.74) is 1.62. The Balaban J connectivity index is 1.58. The summed E-state index contributed by atoms with van der Waals surface area (Å²) in [6.07, 6.45) is 8.40. The lowest BCUT2D eigenvalue weighted by Gasteiger charge is -2.49. The molecule has 0 radical (unpaired) electrons. The number of ether oxygens (including phenoxy) is 1. The van der Waals surface area contributed by atoms with E-state index < -0.39 is 15.9 Å². The predicted molar refractivity (Wildman–Crippen MR) is 125 cm³/mol. The van der Waals surface area contributed by atoms with Gasteiger partial charge >= 0.3 is 0 Å². The molecule has 1 aromatic rings. The summed E-state index contributed by atoms with van der Waals surface area (Å²) < 4.78 is 28.7. The number of hydrogen-bond acceptors (Lipinski definition) is 5. The largest absolute Gasteiger partial charge is 0.360 e. The number of amides is 1. The maximum absolute atomic E-state index is 12.7. The highest BCUT2D eigenvalue weighted by molar-refractivity contribution is 7.93. The van der Waals surface area contributed by atoms with Crippen molar-refractivity contribution >= 4 is 21.4 Å². The van der Waals surface area contributed by atoms with Crippen LogP contribution in [0.3, 0.4) is 0 Å². The number of sulfone groups is 1. The van der Waals surface area contributed by atoms with Crippen molar-refractivity contribution < 1.29 is 17.9 Å². The van der Waals surface area contributed by atoms with Crippen LogP contribution < -0.4 is 4.90 Å². The minimum atomic E-state index is -3.12. The Hall–Kier alpha value is -2.22. The van der Waals surface area contributed by atoms with Gasteiger partial charge in [0.25, 0.3) is 5.91 Å². The Bertz CT molecular complexity index is 945. The van der Waals surface area contributed by atoms with E-state index in [2.05, 4.69) is 11.5 Å². The molecule has 2 fully saturated rings. The van der Waals surface area contributed by atoms with Gasteiger partial charge in [-0.25, -0.2) is 8.42 Å². The lowest BCUT2D eigenvalue weighted by Crippen LogP contribution is -2.61. The van der Waals surface area contributed by atoms with Crippen LogP contribution in [0.4, 0.5) is 5.69 Å². The number of benzene rings is 1. The minimum Gasteiger partial charge on any atom is -0.360 e. The molecule has 2 heterocycles. The molecule has 1 aromatic carbocycles. The van der Waals surface area contributed by atoms with Gasteiger partial charge in [0.15, 0.2) is 9.84 Å². The molecular weight excluding hydrogens is 412 g/mol. The van der Waals surface area contributed by atoms with Crippen molar-refractivity contribution in [2.75, 3.05) is 37.3 Å². The third-order valence-corrected chi connectivity index (χ3v) is 6.59. The molecule has 2 aliphatic rings. The fourth-order valence-corrected chi connectivity index (χ4v) is 4.55. The lowest BCUT2D eigenvalue weighted by atomic mass is 9.88. The second-order valence-electron chi connectivity index (χ2n) is 8.40. The molecule has 0 saturated carbocycles. The van der Waals surface area contributed by atoms with Gasteiger partial charge in [-0.3, -0.25) is 4.79 Å². The van der Waals surface area contributed by atoms with Crippen molar-refractivity contribution in [3.8, 4) is 0 Å². The topological polar surface area (TPSA) is 66.9 Å². The number of anilines is 1. The van der Waals surface area contributed by atoms with Gasteiger partial charge in [-0.2, -0.15) is 0 Å². The van der Waals surface area contributed by atoms with E-state index in [1.807, 2.05) is 42.2 Å². The van der Waals surface area contributed by atoms with E-state index in [1.54, 1.807) is 18.2 Å². The summed E-state index contributed by atoms with van der Waals surface area (Å²) in [6, 6.07) is 9.80. The highest BCUT2D eigenvalue weighted by Crippen LogP contribution is 2.35. The average molecular weight is 445 g/mol. The van der Waals surface area contributed by atoms with Crippen LogP contribution in [0.2, 0.25) is 0 Å². The Kier molecular flexibility index (Phi) is 7.51. The van der Waals surface area contributed by atoms with Crippen molar-refractivity contribution in [1.29, 1.82) is 0 Å². The molecule has 31 heavy (non-hydrogen) atoms. The summed E-state index contributed by atoms with van der Waals surface area (Å²) in [4.78, 5) is 17.0. The van der Waals surface area contributed by atoms with Crippen molar-refractivity contribution in [1.82, 2.24) is 4.90 Å². The van der Waals surface area contributed by atoms with Gasteiger partial charge in [0, 0.05) is 37.0 Å². The van der Waals surface area contributed by atoms with Gasteiger partial charge in [-0.1, -0.05) is 43.0 Å². The van der Waals surface area contributed by atoms with E-state index in [-0.39, 0.29) is 11.5 Å². The van der Waals surface area contributed by atoms with Crippen LogP contribution in [-0.2, 0) is 19.4 Å². The molecule has 0 aliphatic carbocycles. The SMILES string of the molecule is C=C/C(=C\C=C\S(C)(=O)=O)CCN1CCC2(CC1)CN(c1ccccc1)C(=O)C(C)O2. The monoisotopic (exact) mass is 444 g/mol. The zero-order valence-electron chi connectivity index (χ0n) is 18.4. The quantitative estimate of drug-likeness (QED) is 0.604. The van der Waals surface area contributed by atoms with Crippen molar-refractivity contribution in [2.45, 2.75) is 37.9 Å². The van der Waals surface area contributed by atoms with Gasteiger partial charge in [-0.05, 0) is 43.9 Å². The molecule has 1 spiro atoms. The first-order chi connectivity index (χ1) is 14.7. The molecule has 0 N–H and O–H groups in total. The zero-order valence-corrected chi connectivity index (χ0v) is 19.2. The highest BCUT2D eigenvalue weighted by Gasteiger charge is 2.45. The Labute approximate surface area is 185 Å². The van der Waals surface area contributed by atoms with E-state index in [9.17, 15) is 13.2 Å². The minimum absolute atomic E-state index is 0.0159. The van der Waals surface area contributed by atoms with Crippen LogP contribution in [0.15, 0.2) is 66.1 Å². The van der Waals surface area contributed by atoms with Gasteiger partial charge in [0.1, 0.15) is 6.10 Å². The number of carbonyl (C=O) groups is 1. The number of nitrogens with zero attached hydrogens (tertiary/aromatic N) is 2. The highest BCUT2D eigenvalue weighted by atomic mass is 32.2. The average Bonchev–Trinajstić information content (AvgIpc) is 2.74. The number of allylic oxidation sites excluding steroid dienone is 3. The van der Waals surface area contributed by atoms with E-state index in [0.717, 1.165) is 50.2 Å². The summed E-state index contributed by atoms with van der Waals surface area (Å²) in [7, 11) is -3.12. The number of rotatable bonds is 7. The number of para-hydroxylation sites is 1. The van der Waals surface area contributed by atoms with Gasteiger partial charge in [0.05, 0.1) is 12.1 Å². The van der Waals surface area contributed by atoms with Gasteiger partial charge in [0.2, 0.25) is 0 Å². The first-order valence-electron chi connectivity index (χ1n) is 10.7. The summed E-state index contributed by atoms with van der Waals surface area (Å²) in [5.74, 6) is 0.0159. The molecule has 7 heteroatoms. The maximum Gasteiger partial charge on any atom is 0.255 e. The van der Waals surface area contributed by atoms with E-state index >= 15 is 0 Å². The standard InChI is InChI=1S/C24H32N2O4S/c1-4-21(9-8-18-31(3,28)29)12-15-25-16-13-24(14-17-25)19-26(23(27)20(2)30-24)22-10-6-5-7-11-22/h4-11,18,20H,1,12-17,19H2,2-3H3/b18-8+,21-9+. The third-order valence-electron chi connectivity index (χ3n) is 5.94. The molecule has 1 amide bonds. The Morgan fingerprint density at radius 2 is 1.94 bits per heavy atom. The maximum atomic E-state index is 12.7. The first kappa shape index (κ1) is 23.4. The number of likely N-dealkylation sites (tertiary alicyclic amines) is 1. The lowest BCUT2D eigenvalue weighted by molar-refractivity contribution is -0.161. The van der Waals surface area contributed by atoms with E-state index in [1.165, 1.54) is 11.7 Å². The number of morpholine rings is 1. The second kappa shape index (κ2) is 9.94. The van der Waals surface area contributed by atoms with Crippen molar-refractivity contribution in [3.63, 3.8) is 0 Å². The number of hydrogen-bond donors (Lipinski definition) is 0. The molecule has 168 valence electrons. The molecule has 1 atom stereocenters. The molecule has 0 bridgehead atoms. The molecule has 2 aliphatic heterocycles. The van der Waals surface area contributed by atoms with E-state index in [0.29, 0.717) is 6.54 Å². The summed E-state index contributed by atoms with van der Waals surface area (Å²) in [6.45, 7) is 8.93. The van der Waals surface area contributed by atoms with E-state index in [4.69, 9.17) is 4.74 Å². The Morgan fingerprint density at radius 1 is 1.26 bits per heavy atom. The molecule has 2 saturated heterocycles. The van der Waals surface area contributed by atoms with Crippen LogP contribution in [-0.4, -0.2) is 63.4 Å². The van der Waals surface area contributed by atoms with Crippen LogP contribution in [0.5, 0.6) is 0 Å². The molecule has 0 aromatic heterocycles. The Morgan fingerprint density at radius 3 is 2.55 bits per heavy atom.